The molecule has 168 valence electrons. The van der Waals surface area contributed by atoms with Crippen LogP contribution in [-0.4, -0.2) is 63.9 Å². The first-order valence-electron chi connectivity index (χ1n) is 10.9. The van der Waals surface area contributed by atoms with Crippen molar-refractivity contribution >= 4 is 17.9 Å². The van der Waals surface area contributed by atoms with E-state index in [2.05, 4.69) is 19.1 Å². The quantitative estimate of drug-likeness (QED) is 0.155. The van der Waals surface area contributed by atoms with Crippen LogP contribution in [0.5, 0.6) is 0 Å². The summed E-state index contributed by atoms with van der Waals surface area (Å²) in [5.74, 6) is -3.52. The maximum absolute atomic E-state index is 11.1. The van der Waals surface area contributed by atoms with Crippen LogP contribution in [0, 0.1) is 0 Å². The van der Waals surface area contributed by atoms with Crippen LogP contribution in [0.3, 0.4) is 0 Å². The second-order valence-electron chi connectivity index (χ2n) is 7.97. The molecule has 0 aromatic rings. The zero-order valence-corrected chi connectivity index (χ0v) is 18.0. The van der Waals surface area contributed by atoms with Gasteiger partial charge in [-0.3, -0.25) is 4.48 Å². The second kappa shape index (κ2) is 17.0. The van der Waals surface area contributed by atoms with Crippen LogP contribution in [-0.2, 0) is 14.4 Å². The van der Waals surface area contributed by atoms with Crippen LogP contribution >= 0.6 is 0 Å². The van der Waals surface area contributed by atoms with E-state index < -0.39 is 42.0 Å². The molecule has 0 radical (unpaired) electrons. The molecule has 29 heavy (non-hydrogen) atoms. The Labute approximate surface area is 175 Å². The molecule has 0 unspecified atom stereocenters. The van der Waals surface area contributed by atoms with E-state index in [1.54, 1.807) is 0 Å². The number of allylic oxidation sites excluding steroid dienone is 2. The largest absolute Gasteiger partial charge is 0.477 e. The van der Waals surface area contributed by atoms with Crippen molar-refractivity contribution in [2.24, 2.45) is 0 Å². The van der Waals surface area contributed by atoms with Gasteiger partial charge in [0.15, 0.2) is 19.6 Å². The molecule has 0 fully saturated rings. The van der Waals surface area contributed by atoms with Gasteiger partial charge in [-0.1, -0.05) is 63.5 Å². The Morgan fingerprint density at radius 1 is 0.621 bits per heavy atom. The van der Waals surface area contributed by atoms with Gasteiger partial charge in [0.2, 0.25) is 0 Å². The molecule has 0 aromatic carbocycles. The lowest BCUT2D eigenvalue weighted by molar-refractivity contribution is -0.907. The summed E-state index contributed by atoms with van der Waals surface area (Å²) in [6, 6.07) is 0. The van der Waals surface area contributed by atoms with E-state index in [0.29, 0.717) is 6.42 Å². The number of hydrogen-bond acceptors (Lipinski definition) is 3. The fraction of sp³-hybridized carbons (Fsp3) is 0.773. The number of carboxylic acid groups (broad SMARTS) is 3. The number of carboxylic acids is 3. The van der Waals surface area contributed by atoms with Gasteiger partial charge in [0.25, 0.3) is 0 Å². The van der Waals surface area contributed by atoms with Crippen molar-refractivity contribution in [3.63, 3.8) is 0 Å². The normalized spacial score (nSPS) is 11.8. The van der Waals surface area contributed by atoms with Crippen LogP contribution < -0.4 is 0 Å². The summed E-state index contributed by atoms with van der Waals surface area (Å²) in [5, 5.41) is 27.3. The molecule has 0 aliphatic carbocycles. The van der Waals surface area contributed by atoms with E-state index in [1.165, 1.54) is 51.4 Å². The third-order valence-corrected chi connectivity index (χ3v) is 5.15. The Balaban J connectivity index is 3.95. The van der Waals surface area contributed by atoms with Crippen molar-refractivity contribution in [1.29, 1.82) is 0 Å². The number of unbranched alkanes of at least 4 members (excludes halogenated alkanes) is 11. The highest BCUT2D eigenvalue weighted by molar-refractivity contribution is 5.73. The predicted molar refractivity (Wildman–Crippen MR) is 113 cm³/mol. The molecule has 0 heterocycles. The topological polar surface area (TPSA) is 112 Å². The highest BCUT2D eigenvalue weighted by Crippen LogP contribution is 2.15. The molecule has 0 rings (SSSR count). The first kappa shape index (κ1) is 27.1. The Bertz CT molecular complexity index is 463. The van der Waals surface area contributed by atoms with Gasteiger partial charge < -0.3 is 15.3 Å². The molecule has 0 amide bonds. The number of rotatable bonds is 20. The second-order valence-corrected chi connectivity index (χ2v) is 7.97. The molecule has 0 aromatic heterocycles. The van der Waals surface area contributed by atoms with E-state index in [4.69, 9.17) is 15.3 Å². The number of hydrogen-bond donors (Lipinski definition) is 3. The number of aliphatic carboxylic acids is 3. The van der Waals surface area contributed by atoms with Crippen molar-refractivity contribution in [1.82, 2.24) is 0 Å². The Morgan fingerprint density at radius 3 is 1.31 bits per heavy atom. The molecule has 3 N–H and O–H groups in total. The number of nitrogens with zero attached hydrogens (tertiary/aromatic N) is 1. The summed E-state index contributed by atoms with van der Waals surface area (Å²) < 4.78 is -0.436. The minimum atomic E-state index is -1.17. The average molecular weight is 415 g/mol. The van der Waals surface area contributed by atoms with Gasteiger partial charge >= 0.3 is 17.9 Å². The van der Waals surface area contributed by atoms with Crippen molar-refractivity contribution < 1.29 is 34.2 Å². The fourth-order valence-corrected chi connectivity index (χ4v) is 3.73. The third kappa shape index (κ3) is 16.7. The summed E-state index contributed by atoms with van der Waals surface area (Å²) in [7, 11) is 0. The van der Waals surface area contributed by atoms with E-state index in [1.807, 2.05) is 0 Å². The lowest BCUT2D eigenvalue weighted by Gasteiger charge is -2.34. The van der Waals surface area contributed by atoms with E-state index >= 15 is 0 Å². The number of quaternary nitrogens is 1. The molecular formula is C22H40NO6+. The average Bonchev–Trinajstić information content (AvgIpc) is 2.60. The van der Waals surface area contributed by atoms with Gasteiger partial charge in [-0.05, 0) is 32.6 Å². The van der Waals surface area contributed by atoms with Crippen LogP contribution in [0.2, 0.25) is 0 Å². The van der Waals surface area contributed by atoms with Crippen molar-refractivity contribution in [2.45, 2.75) is 84.0 Å². The SMILES string of the molecule is C/C=C/CCCCCCCCCCCCC[N+](CC(=O)O)(CC(=O)O)CC(=O)O. The molecule has 7 nitrogen and oxygen atoms in total. The monoisotopic (exact) mass is 414 g/mol. The van der Waals surface area contributed by atoms with Crippen LogP contribution in [0.25, 0.3) is 0 Å². The first-order valence-corrected chi connectivity index (χ1v) is 10.9. The molecule has 0 aliphatic rings. The standard InChI is InChI=1S/C22H39NO6/c1-2-3-4-5-6-7-8-9-10-11-12-13-14-15-16-23(17-20(24)25,18-21(26)27)19-22(28)29/h2-3H,4-19H2,1H3,(H2-,24,25,26,27,28,29)/p+1/b3-2+. The molecule has 0 spiro atoms. The smallest absolute Gasteiger partial charge is 0.359 e. The molecule has 0 saturated carbocycles. The zero-order chi connectivity index (χ0) is 22.0. The van der Waals surface area contributed by atoms with Gasteiger partial charge in [-0.25, -0.2) is 14.4 Å². The van der Waals surface area contributed by atoms with E-state index in [-0.39, 0.29) is 6.54 Å². The summed E-state index contributed by atoms with van der Waals surface area (Å²) in [6.45, 7) is 0.879. The van der Waals surface area contributed by atoms with Crippen molar-refractivity contribution in [2.75, 3.05) is 26.2 Å². The maximum Gasteiger partial charge on any atom is 0.359 e. The Morgan fingerprint density at radius 2 is 0.966 bits per heavy atom. The van der Waals surface area contributed by atoms with Crippen LogP contribution in [0.1, 0.15) is 84.0 Å². The molecule has 0 bridgehead atoms. The van der Waals surface area contributed by atoms with Crippen LogP contribution in [0.15, 0.2) is 12.2 Å². The summed E-state index contributed by atoms with van der Waals surface area (Å²) in [5.41, 5.74) is 0. The van der Waals surface area contributed by atoms with E-state index in [9.17, 15) is 14.4 Å². The minimum Gasteiger partial charge on any atom is -0.477 e. The highest BCUT2D eigenvalue weighted by atomic mass is 16.4. The zero-order valence-electron chi connectivity index (χ0n) is 18.0. The molecule has 7 heteroatoms. The van der Waals surface area contributed by atoms with Gasteiger partial charge in [0.05, 0.1) is 6.54 Å². The third-order valence-electron chi connectivity index (χ3n) is 5.15. The van der Waals surface area contributed by atoms with Gasteiger partial charge in [0.1, 0.15) is 0 Å². The highest BCUT2D eigenvalue weighted by Gasteiger charge is 2.35. The Hall–Kier alpha value is -1.89. The molecular weight excluding hydrogens is 374 g/mol. The van der Waals surface area contributed by atoms with E-state index in [0.717, 1.165) is 19.3 Å². The lowest BCUT2D eigenvalue weighted by Crippen LogP contribution is -2.57. The minimum absolute atomic E-state index is 0.262. The molecule has 0 atom stereocenters. The van der Waals surface area contributed by atoms with Gasteiger partial charge in [0, 0.05) is 0 Å². The van der Waals surface area contributed by atoms with Crippen molar-refractivity contribution in [3.8, 4) is 0 Å². The first-order chi connectivity index (χ1) is 13.8. The Kier molecular flexibility index (Phi) is 15.9. The maximum atomic E-state index is 11.1. The van der Waals surface area contributed by atoms with Crippen LogP contribution in [0.4, 0.5) is 0 Å². The predicted octanol–water partition coefficient (Wildman–Crippen LogP) is 4.31. The number of carbonyl (C=O) groups is 3. The van der Waals surface area contributed by atoms with Gasteiger partial charge in [-0.15, -0.1) is 0 Å². The fourth-order valence-electron chi connectivity index (χ4n) is 3.73. The lowest BCUT2D eigenvalue weighted by atomic mass is 10.0. The van der Waals surface area contributed by atoms with Gasteiger partial charge in [-0.2, -0.15) is 0 Å². The molecule has 0 aliphatic heterocycles. The summed E-state index contributed by atoms with van der Waals surface area (Å²) in [6.07, 6.45) is 18.0. The van der Waals surface area contributed by atoms with Crippen molar-refractivity contribution in [3.05, 3.63) is 12.2 Å². The summed E-state index contributed by atoms with van der Waals surface area (Å²) in [4.78, 5) is 33.4. The molecule has 0 saturated heterocycles. The summed E-state index contributed by atoms with van der Waals surface area (Å²) >= 11 is 0.